The van der Waals surface area contributed by atoms with Crippen LogP contribution in [-0.4, -0.2) is 4.98 Å². The van der Waals surface area contributed by atoms with E-state index in [1.165, 1.54) is 34.9 Å². The van der Waals surface area contributed by atoms with Crippen molar-refractivity contribution in [3.8, 4) is 11.3 Å². The van der Waals surface area contributed by atoms with Gasteiger partial charge in [-0.3, -0.25) is 4.98 Å². The van der Waals surface area contributed by atoms with E-state index in [4.69, 9.17) is 4.98 Å². The lowest BCUT2D eigenvalue weighted by Crippen LogP contribution is -1.92. The van der Waals surface area contributed by atoms with Gasteiger partial charge < -0.3 is 0 Å². The zero-order valence-electron chi connectivity index (χ0n) is 12.8. The summed E-state index contributed by atoms with van der Waals surface area (Å²) < 4.78 is 0. The first-order valence-corrected chi connectivity index (χ1v) is 7.93. The average molecular weight is 287 g/mol. The second-order valence-corrected chi connectivity index (χ2v) is 5.61. The van der Waals surface area contributed by atoms with Gasteiger partial charge in [0.15, 0.2) is 0 Å². The van der Waals surface area contributed by atoms with Crippen molar-refractivity contribution in [2.75, 3.05) is 0 Å². The summed E-state index contributed by atoms with van der Waals surface area (Å²) in [5.41, 5.74) is 3.42. The number of aromatic nitrogens is 1. The van der Waals surface area contributed by atoms with E-state index in [9.17, 15) is 0 Å². The molecule has 0 bridgehead atoms. The molecule has 0 aliphatic carbocycles. The predicted octanol–water partition coefficient (Wildman–Crippen LogP) is 5.80. The van der Waals surface area contributed by atoms with Crippen LogP contribution in [0.3, 0.4) is 0 Å². The maximum Gasteiger partial charge on any atom is 0.0705 e. The van der Waals surface area contributed by atoms with Crippen molar-refractivity contribution in [1.82, 2.24) is 4.98 Å². The van der Waals surface area contributed by atoms with E-state index in [1.807, 2.05) is 6.08 Å². The molecular formula is C21H21N. The fraction of sp³-hybridized carbons (Fsp3) is 0.190. The van der Waals surface area contributed by atoms with Gasteiger partial charge in [0.25, 0.3) is 0 Å². The van der Waals surface area contributed by atoms with Crippen molar-refractivity contribution >= 4 is 10.8 Å². The Morgan fingerprint density at radius 1 is 0.864 bits per heavy atom. The number of nitrogens with zero attached hydrogens (tertiary/aromatic N) is 1. The summed E-state index contributed by atoms with van der Waals surface area (Å²) in [7, 11) is 0. The van der Waals surface area contributed by atoms with Crippen molar-refractivity contribution in [1.29, 1.82) is 0 Å². The first-order chi connectivity index (χ1) is 10.9. The molecule has 1 nitrogen and oxygen atoms in total. The van der Waals surface area contributed by atoms with Crippen molar-refractivity contribution in [3.63, 3.8) is 0 Å². The van der Waals surface area contributed by atoms with E-state index >= 15 is 0 Å². The molecule has 0 aliphatic heterocycles. The van der Waals surface area contributed by atoms with Gasteiger partial charge in [-0.1, -0.05) is 48.5 Å². The molecule has 1 heteroatoms. The maximum absolute atomic E-state index is 4.82. The maximum atomic E-state index is 4.82. The normalized spacial score (nSPS) is 10.7. The third kappa shape index (κ3) is 3.43. The van der Waals surface area contributed by atoms with E-state index < -0.39 is 0 Å². The number of allylic oxidation sites excluding steroid dienone is 1. The Morgan fingerprint density at radius 2 is 1.73 bits per heavy atom. The molecule has 0 saturated heterocycles. The number of fused-ring (bicyclic) bond motifs is 1. The monoisotopic (exact) mass is 287 g/mol. The minimum Gasteiger partial charge on any atom is -0.253 e. The summed E-state index contributed by atoms with van der Waals surface area (Å²) in [6.45, 7) is 3.77. The molecule has 0 aliphatic rings. The molecule has 0 unspecified atom stereocenters. The Morgan fingerprint density at radius 3 is 2.59 bits per heavy atom. The Hall–Kier alpha value is -2.41. The van der Waals surface area contributed by atoms with Gasteiger partial charge in [0.2, 0.25) is 0 Å². The van der Waals surface area contributed by atoms with Crippen molar-refractivity contribution in [2.45, 2.75) is 25.7 Å². The van der Waals surface area contributed by atoms with E-state index in [-0.39, 0.29) is 0 Å². The van der Waals surface area contributed by atoms with Crippen LogP contribution in [0.1, 0.15) is 25.0 Å². The molecule has 3 rings (SSSR count). The summed E-state index contributed by atoms with van der Waals surface area (Å²) in [6.07, 6.45) is 6.46. The highest BCUT2D eigenvalue weighted by Gasteiger charge is 2.02. The number of hydrogen-bond acceptors (Lipinski definition) is 1. The quantitative estimate of drug-likeness (QED) is 0.412. The fourth-order valence-electron chi connectivity index (χ4n) is 2.72. The van der Waals surface area contributed by atoms with E-state index in [1.54, 1.807) is 0 Å². The van der Waals surface area contributed by atoms with Crippen LogP contribution >= 0.6 is 0 Å². The standard InChI is InChI=1S/C21H21N/c1-2-3-4-5-11-20-12-8-13-21(22-20)19-15-14-17-9-6-7-10-18(17)16-19/h2,6-10,12-16H,1,3-5,11H2. The fourth-order valence-corrected chi connectivity index (χ4v) is 2.72. The van der Waals surface area contributed by atoms with Crippen molar-refractivity contribution < 1.29 is 0 Å². The SMILES string of the molecule is C=CCCCCc1cccc(-c2ccc3ccccc3c2)n1. The van der Waals surface area contributed by atoms with Crippen LogP contribution in [0.4, 0.5) is 0 Å². The van der Waals surface area contributed by atoms with Gasteiger partial charge in [0.1, 0.15) is 0 Å². The minimum absolute atomic E-state index is 1.04. The molecule has 22 heavy (non-hydrogen) atoms. The number of hydrogen-bond donors (Lipinski definition) is 0. The molecule has 110 valence electrons. The highest BCUT2D eigenvalue weighted by atomic mass is 14.7. The zero-order valence-corrected chi connectivity index (χ0v) is 12.8. The molecule has 0 amide bonds. The summed E-state index contributed by atoms with van der Waals surface area (Å²) in [4.78, 5) is 4.82. The van der Waals surface area contributed by atoms with E-state index in [0.717, 1.165) is 18.5 Å². The van der Waals surface area contributed by atoms with Gasteiger partial charge in [-0.15, -0.1) is 6.58 Å². The number of pyridine rings is 1. The van der Waals surface area contributed by atoms with Crippen LogP contribution in [0, 0.1) is 0 Å². The van der Waals surface area contributed by atoms with Crippen LogP contribution in [-0.2, 0) is 6.42 Å². The van der Waals surface area contributed by atoms with Gasteiger partial charge >= 0.3 is 0 Å². The lowest BCUT2D eigenvalue weighted by atomic mass is 10.0. The second kappa shape index (κ2) is 7.04. The summed E-state index contributed by atoms with van der Waals surface area (Å²) in [5.74, 6) is 0. The zero-order chi connectivity index (χ0) is 15.2. The highest BCUT2D eigenvalue weighted by molar-refractivity contribution is 5.86. The number of rotatable bonds is 6. The topological polar surface area (TPSA) is 12.9 Å². The van der Waals surface area contributed by atoms with Crippen LogP contribution in [0.25, 0.3) is 22.0 Å². The average Bonchev–Trinajstić information content (AvgIpc) is 2.59. The van der Waals surface area contributed by atoms with Crippen LogP contribution in [0.5, 0.6) is 0 Å². The first-order valence-electron chi connectivity index (χ1n) is 7.93. The lowest BCUT2D eigenvalue weighted by Gasteiger charge is -2.06. The van der Waals surface area contributed by atoms with Gasteiger partial charge in [0.05, 0.1) is 5.69 Å². The third-order valence-electron chi connectivity index (χ3n) is 3.94. The molecule has 3 aromatic rings. The molecule has 0 N–H and O–H groups in total. The summed E-state index contributed by atoms with van der Waals surface area (Å²) in [6, 6.07) is 21.3. The number of benzene rings is 2. The molecule has 0 saturated carbocycles. The summed E-state index contributed by atoms with van der Waals surface area (Å²) >= 11 is 0. The molecule has 1 heterocycles. The van der Waals surface area contributed by atoms with Gasteiger partial charge in [0, 0.05) is 11.3 Å². The smallest absolute Gasteiger partial charge is 0.0705 e. The molecule has 0 radical (unpaired) electrons. The molecule has 0 spiro atoms. The molecular weight excluding hydrogens is 266 g/mol. The van der Waals surface area contributed by atoms with Crippen LogP contribution in [0.15, 0.2) is 73.3 Å². The number of aryl methyl sites for hydroxylation is 1. The van der Waals surface area contributed by atoms with Crippen molar-refractivity contribution in [2.24, 2.45) is 0 Å². The highest BCUT2D eigenvalue weighted by Crippen LogP contribution is 2.23. The van der Waals surface area contributed by atoms with Gasteiger partial charge in [-0.25, -0.2) is 0 Å². The molecule has 1 aromatic heterocycles. The Labute approximate surface area is 132 Å². The number of unbranched alkanes of at least 4 members (excludes halogenated alkanes) is 2. The Balaban J connectivity index is 1.82. The summed E-state index contributed by atoms with van der Waals surface area (Å²) in [5, 5.41) is 2.53. The van der Waals surface area contributed by atoms with Gasteiger partial charge in [-0.2, -0.15) is 0 Å². The van der Waals surface area contributed by atoms with E-state index in [2.05, 4.69) is 67.2 Å². The third-order valence-corrected chi connectivity index (χ3v) is 3.94. The predicted molar refractivity (Wildman–Crippen MR) is 94.9 cm³/mol. The Bertz CT molecular complexity index is 773. The Kier molecular flexibility index (Phi) is 4.65. The first kappa shape index (κ1) is 14.5. The molecule has 0 fully saturated rings. The molecule has 2 aromatic carbocycles. The second-order valence-electron chi connectivity index (χ2n) is 5.61. The van der Waals surface area contributed by atoms with Gasteiger partial charge in [-0.05, 0) is 54.7 Å². The lowest BCUT2D eigenvalue weighted by molar-refractivity contribution is 0.736. The van der Waals surface area contributed by atoms with Crippen LogP contribution < -0.4 is 0 Å². The van der Waals surface area contributed by atoms with Crippen LogP contribution in [0.2, 0.25) is 0 Å². The van der Waals surface area contributed by atoms with Crippen molar-refractivity contribution in [3.05, 3.63) is 79.0 Å². The minimum atomic E-state index is 1.04. The molecule has 0 atom stereocenters. The largest absolute Gasteiger partial charge is 0.253 e. The van der Waals surface area contributed by atoms with E-state index in [0.29, 0.717) is 0 Å².